The number of ether oxygens (including phenoxy) is 1. The Bertz CT molecular complexity index is 1030. The van der Waals surface area contributed by atoms with Crippen LogP contribution in [0, 0.1) is 5.82 Å². The van der Waals surface area contributed by atoms with Crippen LogP contribution in [0.25, 0.3) is 11.3 Å². The average molecular weight is 380 g/mol. The molecule has 3 aromatic rings. The SMILES string of the molecule is CC1(CNC(=O)c2ccc(F)cc2)OC(=O)Nc2ccc(-c3ccn[nH]3)cc21. The minimum atomic E-state index is -1.08. The predicted octanol–water partition coefficient (Wildman–Crippen LogP) is 3.42. The molecule has 3 N–H and O–H groups in total. The van der Waals surface area contributed by atoms with E-state index >= 15 is 0 Å². The highest BCUT2D eigenvalue weighted by Gasteiger charge is 2.38. The number of halogens is 1. The van der Waals surface area contributed by atoms with Crippen molar-refractivity contribution in [3.05, 3.63) is 71.7 Å². The van der Waals surface area contributed by atoms with Crippen molar-refractivity contribution < 1.29 is 18.7 Å². The molecule has 0 spiro atoms. The summed E-state index contributed by atoms with van der Waals surface area (Å²) in [5.74, 6) is -0.807. The Hall–Kier alpha value is -3.68. The van der Waals surface area contributed by atoms with Crippen LogP contribution in [-0.4, -0.2) is 28.7 Å². The highest BCUT2D eigenvalue weighted by Crippen LogP contribution is 2.37. The number of cyclic esters (lactones) is 1. The number of rotatable bonds is 4. The molecule has 4 rings (SSSR count). The first-order valence-corrected chi connectivity index (χ1v) is 8.63. The van der Waals surface area contributed by atoms with Crippen LogP contribution in [0.15, 0.2) is 54.7 Å². The molecule has 1 aliphatic rings. The summed E-state index contributed by atoms with van der Waals surface area (Å²) in [7, 11) is 0. The molecule has 1 aliphatic heterocycles. The standard InChI is InChI=1S/C20H17FN4O3/c1-20(11-22-18(26)12-2-5-14(21)6-3-12)15-10-13(16-8-9-23-25-16)4-7-17(15)24-19(27)28-20/h2-10H,11H2,1H3,(H,22,26)(H,23,25)(H,24,27). The minimum Gasteiger partial charge on any atom is -0.436 e. The molecule has 0 fully saturated rings. The van der Waals surface area contributed by atoms with Crippen LogP contribution in [0.5, 0.6) is 0 Å². The number of aromatic nitrogens is 2. The number of fused-ring (bicyclic) bond motifs is 1. The fourth-order valence-electron chi connectivity index (χ4n) is 3.15. The molecular formula is C20H17FN4O3. The molecule has 1 atom stereocenters. The number of benzene rings is 2. The van der Waals surface area contributed by atoms with Gasteiger partial charge in [0.25, 0.3) is 5.91 Å². The molecule has 0 saturated carbocycles. The van der Waals surface area contributed by atoms with E-state index in [0.29, 0.717) is 11.3 Å². The Balaban J connectivity index is 1.61. The summed E-state index contributed by atoms with van der Waals surface area (Å²) in [6, 6.07) is 12.6. The van der Waals surface area contributed by atoms with Crippen molar-refractivity contribution in [1.29, 1.82) is 0 Å². The van der Waals surface area contributed by atoms with Crippen LogP contribution < -0.4 is 10.6 Å². The Morgan fingerprint density at radius 2 is 2.00 bits per heavy atom. The number of amides is 2. The lowest BCUT2D eigenvalue weighted by atomic mass is 9.90. The third kappa shape index (κ3) is 3.32. The molecule has 1 unspecified atom stereocenters. The molecule has 1 aromatic heterocycles. The van der Waals surface area contributed by atoms with E-state index in [-0.39, 0.29) is 12.5 Å². The maximum atomic E-state index is 13.0. The Morgan fingerprint density at radius 1 is 1.21 bits per heavy atom. The molecule has 142 valence electrons. The summed E-state index contributed by atoms with van der Waals surface area (Å²) >= 11 is 0. The summed E-state index contributed by atoms with van der Waals surface area (Å²) in [6.07, 6.45) is 1.05. The van der Waals surface area contributed by atoms with E-state index < -0.39 is 17.5 Å². The van der Waals surface area contributed by atoms with Gasteiger partial charge < -0.3 is 10.1 Å². The van der Waals surface area contributed by atoms with Gasteiger partial charge in [-0.3, -0.25) is 15.2 Å². The monoisotopic (exact) mass is 380 g/mol. The highest BCUT2D eigenvalue weighted by atomic mass is 19.1. The van der Waals surface area contributed by atoms with Gasteiger partial charge in [-0.05, 0) is 49.4 Å². The van der Waals surface area contributed by atoms with Gasteiger partial charge in [0, 0.05) is 22.9 Å². The van der Waals surface area contributed by atoms with E-state index in [1.54, 1.807) is 19.2 Å². The summed E-state index contributed by atoms with van der Waals surface area (Å²) in [5.41, 5.74) is 2.25. The van der Waals surface area contributed by atoms with Crippen molar-refractivity contribution in [3.8, 4) is 11.3 Å². The molecule has 8 heteroatoms. The zero-order chi connectivity index (χ0) is 19.7. The van der Waals surface area contributed by atoms with Crippen molar-refractivity contribution in [2.75, 3.05) is 11.9 Å². The smallest absolute Gasteiger partial charge is 0.412 e. The first-order chi connectivity index (χ1) is 13.4. The maximum Gasteiger partial charge on any atom is 0.412 e. The van der Waals surface area contributed by atoms with Crippen LogP contribution in [-0.2, 0) is 10.3 Å². The third-order valence-electron chi connectivity index (χ3n) is 4.65. The second-order valence-corrected chi connectivity index (χ2v) is 6.67. The Kier molecular flexibility index (Phi) is 4.31. The number of hydrogen-bond acceptors (Lipinski definition) is 4. The molecule has 0 saturated heterocycles. The van der Waals surface area contributed by atoms with E-state index in [9.17, 15) is 14.0 Å². The second-order valence-electron chi connectivity index (χ2n) is 6.67. The molecule has 0 aliphatic carbocycles. The van der Waals surface area contributed by atoms with Crippen molar-refractivity contribution in [3.63, 3.8) is 0 Å². The van der Waals surface area contributed by atoms with Crippen molar-refractivity contribution in [1.82, 2.24) is 15.5 Å². The van der Waals surface area contributed by atoms with Gasteiger partial charge in [-0.1, -0.05) is 6.07 Å². The fourth-order valence-corrected chi connectivity index (χ4v) is 3.15. The number of aromatic amines is 1. The van der Waals surface area contributed by atoms with Gasteiger partial charge in [-0.15, -0.1) is 0 Å². The molecule has 2 aromatic carbocycles. The van der Waals surface area contributed by atoms with E-state index in [1.807, 2.05) is 18.2 Å². The van der Waals surface area contributed by atoms with Crippen LogP contribution in [0.4, 0.5) is 14.9 Å². The number of H-pyrrole nitrogens is 1. The van der Waals surface area contributed by atoms with Gasteiger partial charge in [0.1, 0.15) is 5.82 Å². The van der Waals surface area contributed by atoms with Gasteiger partial charge in [-0.2, -0.15) is 5.10 Å². The maximum absolute atomic E-state index is 13.0. The van der Waals surface area contributed by atoms with Gasteiger partial charge in [-0.25, -0.2) is 9.18 Å². The van der Waals surface area contributed by atoms with Crippen LogP contribution in [0.1, 0.15) is 22.8 Å². The number of nitrogens with zero attached hydrogens (tertiary/aromatic N) is 1. The third-order valence-corrected chi connectivity index (χ3v) is 4.65. The molecular weight excluding hydrogens is 363 g/mol. The largest absolute Gasteiger partial charge is 0.436 e. The lowest BCUT2D eigenvalue weighted by molar-refractivity contribution is 0.0262. The number of carbonyl (C=O) groups excluding carboxylic acids is 2. The van der Waals surface area contributed by atoms with Crippen molar-refractivity contribution in [2.24, 2.45) is 0 Å². The second kappa shape index (κ2) is 6.80. The summed E-state index contributed by atoms with van der Waals surface area (Å²) in [5, 5.41) is 12.3. The fraction of sp³-hybridized carbons (Fsp3) is 0.150. The summed E-state index contributed by atoms with van der Waals surface area (Å²) < 4.78 is 18.6. The lowest BCUT2D eigenvalue weighted by Gasteiger charge is -2.36. The average Bonchev–Trinajstić information content (AvgIpc) is 3.21. The van der Waals surface area contributed by atoms with Crippen LogP contribution in [0.2, 0.25) is 0 Å². The first kappa shape index (κ1) is 17.7. The van der Waals surface area contributed by atoms with Crippen LogP contribution in [0.3, 0.4) is 0 Å². The van der Waals surface area contributed by atoms with Crippen LogP contribution >= 0.6 is 0 Å². The first-order valence-electron chi connectivity index (χ1n) is 8.63. The minimum absolute atomic E-state index is 0.0516. The van der Waals surface area contributed by atoms with Gasteiger partial charge in [0.05, 0.1) is 17.9 Å². The molecule has 0 bridgehead atoms. The number of anilines is 1. The summed E-state index contributed by atoms with van der Waals surface area (Å²) in [4.78, 5) is 24.4. The van der Waals surface area contributed by atoms with Gasteiger partial charge in [0.2, 0.25) is 0 Å². The quantitative estimate of drug-likeness (QED) is 0.646. The molecule has 0 radical (unpaired) electrons. The zero-order valence-corrected chi connectivity index (χ0v) is 15.0. The predicted molar refractivity (Wildman–Crippen MR) is 100 cm³/mol. The molecule has 2 heterocycles. The van der Waals surface area contributed by atoms with E-state index in [2.05, 4.69) is 20.8 Å². The number of carbonyl (C=O) groups is 2. The van der Waals surface area contributed by atoms with E-state index in [4.69, 9.17) is 4.74 Å². The lowest BCUT2D eigenvalue weighted by Crippen LogP contribution is -2.46. The van der Waals surface area contributed by atoms with Gasteiger partial charge >= 0.3 is 6.09 Å². The van der Waals surface area contributed by atoms with Crippen molar-refractivity contribution in [2.45, 2.75) is 12.5 Å². The Morgan fingerprint density at radius 3 is 2.71 bits per heavy atom. The number of nitrogens with one attached hydrogen (secondary N) is 3. The molecule has 2 amide bonds. The van der Waals surface area contributed by atoms with E-state index in [0.717, 1.165) is 16.8 Å². The highest BCUT2D eigenvalue weighted by molar-refractivity contribution is 5.94. The molecule has 7 nitrogen and oxygen atoms in total. The number of hydrogen-bond donors (Lipinski definition) is 3. The topological polar surface area (TPSA) is 96.1 Å². The Labute approximate surface area is 159 Å². The van der Waals surface area contributed by atoms with E-state index in [1.165, 1.54) is 24.3 Å². The molecule has 28 heavy (non-hydrogen) atoms. The zero-order valence-electron chi connectivity index (χ0n) is 15.0. The van der Waals surface area contributed by atoms with Gasteiger partial charge in [0.15, 0.2) is 5.60 Å². The van der Waals surface area contributed by atoms with Crippen molar-refractivity contribution >= 4 is 17.7 Å². The summed E-state index contributed by atoms with van der Waals surface area (Å²) in [6.45, 7) is 1.78. The normalized spacial score (nSPS) is 18.0.